The lowest BCUT2D eigenvalue weighted by Crippen LogP contribution is -2.27. The van der Waals surface area contributed by atoms with Gasteiger partial charge in [-0.2, -0.15) is 0 Å². The van der Waals surface area contributed by atoms with Crippen LogP contribution in [-0.4, -0.2) is 23.4 Å². The Morgan fingerprint density at radius 2 is 1.59 bits per heavy atom. The zero-order valence-electron chi connectivity index (χ0n) is 16.7. The van der Waals surface area contributed by atoms with Crippen LogP contribution < -0.4 is 14.4 Å². The van der Waals surface area contributed by atoms with E-state index in [1.165, 1.54) is 16.7 Å². The fourth-order valence-corrected chi connectivity index (χ4v) is 4.70. The monoisotopic (exact) mass is 501 g/mol. The van der Waals surface area contributed by atoms with Crippen LogP contribution in [0.3, 0.4) is 0 Å². The van der Waals surface area contributed by atoms with Crippen molar-refractivity contribution in [1.82, 2.24) is 0 Å². The smallest absolute Gasteiger partial charge is 0.270 e. The van der Waals surface area contributed by atoms with Gasteiger partial charge in [0.25, 0.3) is 5.91 Å². The number of thiocarbonyl (C=S) groups is 1. The van der Waals surface area contributed by atoms with Crippen molar-refractivity contribution in [2.24, 2.45) is 0 Å². The van der Waals surface area contributed by atoms with Crippen LogP contribution in [-0.2, 0) is 4.79 Å². The average molecular weight is 502 g/mol. The molecule has 3 aromatic rings. The van der Waals surface area contributed by atoms with Crippen LogP contribution >= 0.6 is 47.2 Å². The number of anilines is 1. The minimum atomic E-state index is -0.181. The van der Waals surface area contributed by atoms with E-state index in [0.717, 1.165) is 5.69 Å². The Morgan fingerprint density at radius 3 is 2.34 bits per heavy atom. The van der Waals surface area contributed by atoms with Gasteiger partial charge in [-0.3, -0.25) is 9.69 Å². The Bertz CT molecular complexity index is 1180. The maximum Gasteiger partial charge on any atom is 0.270 e. The van der Waals surface area contributed by atoms with Gasteiger partial charge in [-0.25, -0.2) is 0 Å². The number of rotatable bonds is 7. The molecule has 0 radical (unpaired) electrons. The molecular weight excluding hydrogens is 485 g/mol. The van der Waals surface area contributed by atoms with E-state index in [1.807, 2.05) is 42.5 Å². The van der Waals surface area contributed by atoms with Crippen molar-refractivity contribution in [2.45, 2.75) is 0 Å². The van der Waals surface area contributed by atoms with Crippen molar-refractivity contribution in [3.8, 4) is 11.5 Å². The number of halogens is 2. The number of nitrogens with zero attached hydrogens (tertiary/aromatic N) is 1. The summed E-state index contributed by atoms with van der Waals surface area (Å²) in [6.45, 7) is 0.598. The molecule has 4 rings (SSSR count). The number of thioether (sulfide) groups is 1. The Labute approximate surface area is 205 Å². The molecule has 1 aliphatic heterocycles. The lowest BCUT2D eigenvalue weighted by Gasteiger charge is -2.14. The Hall–Kier alpha value is -2.51. The van der Waals surface area contributed by atoms with Crippen LogP contribution in [0, 0.1) is 0 Å². The maximum atomic E-state index is 13.0. The summed E-state index contributed by atoms with van der Waals surface area (Å²) in [6.07, 6.45) is 1.75. The second-order valence-corrected chi connectivity index (χ2v) is 9.18. The molecule has 0 bridgehead atoms. The third-order valence-electron chi connectivity index (χ3n) is 4.50. The number of carbonyl (C=O) groups is 1. The summed E-state index contributed by atoms with van der Waals surface area (Å²) in [5, 5.41) is 1.08. The summed E-state index contributed by atoms with van der Waals surface area (Å²) in [4.78, 5) is 15.0. The van der Waals surface area contributed by atoms with Crippen molar-refractivity contribution in [1.29, 1.82) is 0 Å². The van der Waals surface area contributed by atoms with Gasteiger partial charge in [0.2, 0.25) is 0 Å². The molecule has 1 aliphatic rings. The van der Waals surface area contributed by atoms with Crippen LogP contribution in [0.4, 0.5) is 5.69 Å². The van der Waals surface area contributed by atoms with Crippen LogP contribution in [0.15, 0.2) is 77.7 Å². The minimum absolute atomic E-state index is 0.181. The first-order chi connectivity index (χ1) is 15.5. The molecule has 1 saturated heterocycles. The second kappa shape index (κ2) is 10.4. The van der Waals surface area contributed by atoms with E-state index < -0.39 is 0 Å². The van der Waals surface area contributed by atoms with E-state index in [9.17, 15) is 4.79 Å². The van der Waals surface area contributed by atoms with Crippen LogP contribution in [0.25, 0.3) is 6.08 Å². The minimum Gasteiger partial charge on any atom is -0.489 e. The van der Waals surface area contributed by atoms with E-state index in [4.69, 9.17) is 44.9 Å². The molecule has 0 aliphatic carbocycles. The van der Waals surface area contributed by atoms with Crippen molar-refractivity contribution in [3.63, 3.8) is 0 Å². The van der Waals surface area contributed by atoms with Crippen molar-refractivity contribution in [3.05, 3.63) is 93.3 Å². The molecule has 0 aromatic heterocycles. The molecule has 1 fully saturated rings. The highest BCUT2D eigenvalue weighted by Crippen LogP contribution is 2.37. The highest BCUT2D eigenvalue weighted by molar-refractivity contribution is 8.27. The first-order valence-electron chi connectivity index (χ1n) is 9.65. The Balaban J connectivity index is 1.48. The van der Waals surface area contributed by atoms with Crippen molar-refractivity contribution in [2.75, 3.05) is 18.1 Å². The summed E-state index contributed by atoms with van der Waals surface area (Å²) in [5.74, 6) is 1.000. The molecule has 1 heterocycles. The molecule has 0 atom stereocenters. The van der Waals surface area contributed by atoms with Crippen molar-refractivity contribution >= 4 is 69.2 Å². The summed E-state index contributed by atoms with van der Waals surface area (Å²) < 4.78 is 12.0. The Kier molecular flexibility index (Phi) is 7.37. The van der Waals surface area contributed by atoms with Gasteiger partial charge in [-0.05, 0) is 48.5 Å². The fourth-order valence-electron chi connectivity index (χ4n) is 3.04. The predicted octanol–water partition coefficient (Wildman–Crippen LogP) is 6.86. The summed E-state index contributed by atoms with van der Waals surface area (Å²) in [6, 6.07) is 21.8. The van der Waals surface area contributed by atoms with Crippen LogP contribution in [0.1, 0.15) is 5.56 Å². The van der Waals surface area contributed by atoms with Crippen LogP contribution in [0.2, 0.25) is 10.0 Å². The number of carbonyl (C=O) groups excluding carboxylic acids is 1. The quantitative estimate of drug-likeness (QED) is 0.201. The molecule has 4 nitrogen and oxygen atoms in total. The molecule has 0 saturated carbocycles. The zero-order chi connectivity index (χ0) is 22.5. The van der Waals surface area contributed by atoms with E-state index >= 15 is 0 Å². The molecule has 0 unspecified atom stereocenters. The van der Waals surface area contributed by atoms with Gasteiger partial charge in [0.15, 0.2) is 4.32 Å². The normalized spacial score (nSPS) is 14.8. The van der Waals surface area contributed by atoms with Gasteiger partial charge in [-0.15, -0.1) is 0 Å². The van der Waals surface area contributed by atoms with Gasteiger partial charge in [0.05, 0.1) is 15.6 Å². The summed E-state index contributed by atoms with van der Waals surface area (Å²) >= 11 is 19.0. The number of benzene rings is 3. The van der Waals surface area contributed by atoms with Gasteiger partial charge < -0.3 is 9.47 Å². The number of ether oxygens (including phenoxy) is 2. The topological polar surface area (TPSA) is 38.8 Å². The molecule has 0 N–H and O–H groups in total. The van der Waals surface area contributed by atoms with Gasteiger partial charge in [-0.1, -0.05) is 77.5 Å². The third-order valence-corrected chi connectivity index (χ3v) is 6.35. The van der Waals surface area contributed by atoms with E-state index in [2.05, 4.69) is 0 Å². The Morgan fingerprint density at radius 1 is 0.906 bits per heavy atom. The largest absolute Gasteiger partial charge is 0.489 e. The predicted molar refractivity (Wildman–Crippen MR) is 136 cm³/mol. The second-order valence-electron chi connectivity index (χ2n) is 6.66. The highest BCUT2D eigenvalue weighted by Gasteiger charge is 2.33. The molecule has 0 spiro atoms. The molecule has 162 valence electrons. The maximum absolute atomic E-state index is 13.0. The lowest BCUT2D eigenvalue weighted by molar-refractivity contribution is -0.113. The molecular formula is C24H17Cl2NO3S2. The lowest BCUT2D eigenvalue weighted by atomic mass is 10.1. The molecule has 3 aromatic carbocycles. The fraction of sp³-hybridized carbons (Fsp3) is 0.0833. The first-order valence-corrected chi connectivity index (χ1v) is 11.6. The molecule has 1 amide bonds. The summed E-state index contributed by atoms with van der Waals surface area (Å²) in [5.41, 5.74) is 1.42. The number of hydrogen-bond acceptors (Lipinski definition) is 5. The van der Waals surface area contributed by atoms with Crippen molar-refractivity contribution < 1.29 is 14.3 Å². The summed E-state index contributed by atoms with van der Waals surface area (Å²) in [7, 11) is 0. The number of hydrogen-bond donors (Lipinski definition) is 0. The van der Waals surface area contributed by atoms with Gasteiger partial charge >= 0.3 is 0 Å². The van der Waals surface area contributed by atoms with Gasteiger partial charge in [0, 0.05) is 10.6 Å². The highest BCUT2D eigenvalue weighted by atomic mass is 35.5. The van der Waals surface area contributed by atoms with E-state index in [1.54, 1.807) is 36.4 Å². The SMILES string of the molecule is O=C1C(=Cc2cc(Cl)ccc2OCCOc2ccccc2Cl)SC(=S)N1c1ccccc1. The molecule has 8 heteroatoms. The number of para-hydroxylation sites is 2. The van der Waals surface area contributed by atoms with Gasteiger partial charge in [0.1, 0.15) is 24.7 Å². The van der Waals surface area contributed by atoms with E-state index in [-0.39, 0.29) is 5.91 Å². The van der Waals surface area contributed by atoms with E-state index in [0.29, 0.717) is 49.5 Å². The standard InChI is InChI=1S/C24H17Cl2NO3S2/c25-17-10-11-20(29-12-13-30-21-9-5-4-8-19(21)26)16(14-17)15-22-23(28)27(24(31)32-22)18-6-2-1-3-7-18/h1-11,14-15H,12-13H2. The zero-order valence-corrected chi connectivity index (χ0v) is 19.8. The first kappa shape index (κ1) is 22.7. The number of amides is 1. The average Bonchev–Trinajstić information content (AvgIpc) is 3.07. The molecule has 32 heavy (non-hydrogen) atoms. The third kappa shape index (κ3) is 5.27. The van der Waals surface area contributed by atoms with Crippen LogP contribution in [0.5, 0.6) is 11.5 Å².